The minimum absolute atomic E-state index is 0.190. The molecule has 2 aromatic rings. The van der Waals surface area contributed by atoms with Gasteiger partial charge >= 0.3 is 0 Å². The number of carbonyl (C=O) groups excluding carboxylic acids is 1. The van der Waals surface area contributed by atoms with Gasteiger partial charge < -0.3 is 5.11 Å². The Labute approximate surface area is 105 Å². The predicted molar refractivity (Wildman–Crippen MR) is 71.7 cm³/mol. The lowest BCUT2D eigenvalue weighted by molar-refractivity contribution is -0.106. The van der Waals surface area contributed by atoms with E-state index in [9.17, 15) is 9.90 Å². The number of phenolic OH excluding ortho intramolecular Hbond substituents is 1. The maximum Gasteiger partial charge on any atom is 0.218 e. The molecule has 0 saturated heterocycles. The van der Waals surface area contributed by atoms with E-state index in [1.165, 1.54) is 0 Å². The van der Waals surface area contributed by atoms with E-state index in [1.54, 1.807) is 23.1 Å². The number of anilines is 2. The molecule has 0 spiro atoms. The van der Waals surface area contributed by atoms with Crippen LogP contribution in [-0.2, 0) is 4.79 Å². The maximum absolute atomic E-state index is 11.4. The van der Waals surface area contributed by atoms with Crippen molar-refractivity contribution >= 4 is 29.9 Å². The molecular weight excluding hydrogens is 226 g/mol. The van der Waals surface area contributed by atoms with Gasteiger partial charge in [-0.2, -0.15) is 0 Å². The Morgan fingerprint density at radius 1 is 0.944 bits per heavy atom. The average molecular weight is 237 g/mol. The number of hydrogen-bond acceptors (Lipinski definition) is 2. The van der Waals surface area contributed by atoms with Crippen molar-refractivity contribution < 1.29 is 9.90 Å². The first-order valence-electron chi connectivity index (χ1n) is 5.64. The third-order valence-corrected chi connectivity index (χ3v) is 3.01. The molecule has 0 unspecified atom stereocenters. The second kappa shape index (κ2) is 4.04. The fourth-order valence-electron chi connectivity index (χ4n) is 2.17. The average Bonchev–Trinajstić information content (AvgIpc) is 2.55. The number of phenols is 1. The molecule has 2 aromatic carbocycles. The molecule has 3 heteroatoms. The summed E-state index contributed by atoms with van der Waals surface area (Å²) in [6, 6.07) is 12.6. The molecule has 1 amide bonds. The molecule has 1 aliphatic rings. The van der Waals surface area contributed by atoms with Gasteiger partial charge in [0.2, 0.25) is 6.41 Å². The number of amides is 1. The zero-order valence-corrected chi connectivity index (χ0v) is 9.58. The van der Waals surface area contributed by atoms with Crippen LogP contribution in [0.4, 0.5) is 11.4 Å². The van der Waals surface area contributed by atoms with E-state index in [-0.39, 0.29) is 5.75 Å². The highest BCUT2D eigenvalue weighted by atomic mass is 16.3. The van der Waals surface area contributed by atoms with E-state index in [0.717, 1.165) is 28.9 Å². The normalized spacial score (nSPS) is 12.6. The van der Waals surface area contributed by atoms with Crippen LogP contribution in [0.3, 0.4) is 0 Å². The highest BCUT2D eigenvalue weighted by Gasteiger charge is 2.16. The number of aromatic hydroxyl groups is 1. The highest BCUT2D eigenvalue weighted by molar-refractivity contribution is 5.98. The molecule has 1 N–H and O–H groups in total. The molecule has 3 rings (SSSR count). The quantitative estimate of drug-likeness (QED) is 0.774. The summed E-state index contributed by atoms with van der Waals surface area (Å²) in [5, 5.41) is 9.52. The number of benzene rings is 2. The lowest BCUT2D eigenvalue weighted by Gasteiger charge is -2.19. The monoisotopic (exact) mass is 237 g/mol. The molecule has 0 radical (unpaired) electrons. The Hall–Kier alpha value is -2.55. The number of hydrogen-bond donors (Lipinski definition) is 1. The highest BCUT2D eigenvalue weighted by Crippen LogP contribution is 2.36. The minimum Gasteiger partial charge on any atom is -0.508 e. The lowest BCUT2D eigenvalue weighted by atomic mass is 10.1. The van der Waals surface area contributed by atoms with Crippen LogP contribution in [0.1, 0.15) is 11.1 Å². The van der Waals surface area contributed by atoms with Crippen molar-refractivity contribution in [3.8, 4) is 5.75 Å². The first-order valence-corrected chi connectivity index (χ1v) is 5.64. The number of fused-ring (bicyclic) bond motifs is 2. The van der Waals surface area contributed by atoms with E-state index < -0.39 is 0 Å². The summed E-state index contributed by atoms with van der Waals surface area (Å²) in [6.45, 7) is 0. The van der Waals surface area contributed by atoms with Crippen LogP contribution in [0.15, 0.2) is 42.5 Å². The second-order valence-corrected chi connectivity index (χ2v) is 4.11. The molecule has 3 nitrogen and oxygen atoms in total. The summed E-state index contributed by atoms with van der Waals surface area (Å²) >= 11 is 0. The van der Waals surface area contributed by atoms with Crippen molar-refractivity contribution in [3.63, 3.8) is 0 Å². The van der Waals surface area contributed by atoms with Crippen molar-refractivity contribution in [1.29, 1.82) is 0 Å². The van der Waals surface area contributed by atoms with E-state index in [0.29, 0.717) is 0 Å². The van der Waals surface area contributed by atoms with Crippen molar-refractivity contribution in [3.05, 3.63) is 53.6 Å². The van der Waals surface area contributed by atoms with E-state index in [4.69, 9.17) is 0 Å². The number of nitrogens with zero attached hydrogens (tertiary/aromatic N) is 1. The molecular formula is C15H11NO2. The summed E-state index contributed by atoms with van der Waals surface area (Å²) in [5.74, 6) is 0.190. The summed E-state index contributed by atoms with van der Waals surface area (Å²) in [5.41, 5.74) is 3.40. The van der Waals surface area contributed by atoms with Crippen LogP contribution in [-0.4, -0.2) is 11.5 Å². The van der Waals surface area contributed by atoms with Gasteiger partial charge in [0.15, 0.2) is 0 Å². The summed E-state index contributed by atoms with van der Waals surface area (Å²) in [4.78, 5) is 12.9. The number of rotatable bonds is 1. The minimum atomic E-state index is 0.190. The maximum atomic E-state index is 11.4. The SMILES string of the molecule is O=CN1c2ccccc2C=Cc2cc(O)ccc21. The lowest BCUT2D eigenvalue weighted by Crippen LogP contribution is -2.15. The van der Waals surface area contributed by atoms with Crippen LogP contribution in [0.5, 0.6) is 5.75 Å². The van der Waals surface area contributed by atoms with Crippen LogP contribution in [0.25, 0.3) is 12.2 Å². The van der Waals surface area contributed by atoms with Gasteiger partial charge in [-0.05, 0) is 29.8 Å². The smallest absolute Gasteiger partial charge is 0.218 e. The molecule has 0 aromatic heterocycles. The summed E-state index contributed by atoms with van der Waals surface area (Å²) in [7, 11) is 0. The Bertz CT molecular complexity index is 647. The van der Waals surface area contributed by atoms with Gasteiger partial charge in [-0.25, -0.2) is 0 Å². The van der Waals surface area contributed by atoms with Crippen LogP contribution in [0.2, 0.25) is 0 Å². The molecule has 0 atom stereocenters. The van der Waals surface area contributed by atoms with Gasteiger partial charge in [-0.1, -0.05) is 30.4 Å². The van der Waals surface area contributed by atoms with Gasteiger partial charge in [0.25, 0.3) is 0 Å². The van der Waals surface area contributed by atoms with Gasteiger partial charge in [0.05, 0.1) is 11.4 Å². The third kappa shape index (κ3) is 1.57. The van der Waals surface area contributed by atoms with Gasteiger partial charge in [-0.3, -0.25) is 9.69 Å². The van der Waals surface area contributed by atoms with Gasteiger partial charge in [0.1, 0.15) is 5.75 Å². The Morgan fingerprint density at radius 3 is 2.50 bits per heavy atom. The third-order valence-electron chi connectivity index (χ3n) is 3.01. The topological polar surface area (TPSA) is 40.5 Å². The molecule has 1 aliphatic heterocycles. The Morgan fingerprint density at radius 2 is 1.67 bits per heavy atom. The van der Waals surface area contributed by atoms with Crippen molar-refractivity contribution in [1.82, 2.24) is 0 Å². The standard InChI is InChI=1S/C15H11NO2/c17-10-16-14-4-2-1-3-11(14)5-6-12-9-13(18)7-8-15(12)16/h1-10,18H. The van der Waals surface area contributed by atoms with Crippen molar-refractivity contribution in [2.45, 2.75) is 0 Å². The molecule has 18 heavy (non-hydrogen) atoms. The second-order valence-electron chi connectivity index (χ2n) is 4.11. The number of carbonyl (C=O) groups is 1. The van der Waals surface area contributed by atoms with Crippen LogP contribution in [0, 0.1) is 0 Å². The Kier molecular flexibility index (Phi) is 2.38. The summed E-state index contributed by atoms with van der Waals surface area (Å²) in [6.07, 6.45) is 4.64. The molecule has 88 valence electrons. The number of para-hydroxylation sites is 1. The van der Waals surface area contributed by atoms with E-state index in [1.807, 2.05) is 36.4 Å². The first-order chi connectivity index (χ1) is 8.79. The van der Waals surface area contributed by atoms with Crippen LogP contribution >= 0.6 is 0 Å². The van der Waals surface area contributed by atoms with E-state index in [2.05, 4.69) is 0 Å². The predicted octanol–water partition coefficient (Wildman–Crippen LogP) is 3.17. The van der Waals surface area contributed by atoms with Crippen molar-refractivity contribution in [2.24, 2.45) is 0 Å². The molecule has 0 aliphatic carbocycles. The fourth-order valence-corrected chi connectivity index (χ4v) is 2.17. The molecule has 0 fully saturated rings. The zero-order chi connectivity index (χ0) is 12.5. The largest absolute Gasteiger partial charge is 0.508 e. The Balaban J connectivity index is 2.28. The summed E-state index contributed by atoms with van der Waals surface area (Å²) < 4.78 is 0. The molecule has 0 saturated carbocycles. The molecule has 0 bridgehead atoms. The van der Waals surface area contributed by atoms with Gasteiger partial charge in [-0.15, -0.1) is 0 Å². The van der Waals surface area contributed by atoms with Crippen LogP contribution < -0.4 is 4.90 Å². The van der Waals surface area contributed by atoms with E-state index >= 15 is 0 Å². The molecule has 1 heterocycles. The first kappa shape index (κ1) is 10.6. The fraction of sp³-hybridized carbons (Fsp3) is 0. The zero-order valence-electron chi connectivity index (χ0n) is 9.58. The van der Waals surface area contributed by atoms with Crippen molar-refractivity contribution in [2.75, 3.05) is 4.90 Å². The van der Waals surface area contributed by atoms with Gasteiger partial charge in [0, 0.05) is 5.56 Å².